The highest BCUT2D eigenvalue weighted by Crippen LogP contribution is 2.22. The molecule has 0 aliphatic carbocycles. The summed E-state index contributed by atoms with van der Waals surface area (Å²) < 4.78 is 53.9. The monoisotopic (exact) mass is 342 g/mol. The number of sulfonamides is 2. The summed E-state index contributed by atoms with van der Waals surface area (Å²) in [5, 5.41) is 0. The molecule has 0 aromatic carbocycles. The van der Waals surface area contributed by atoms with E-state index in [1.165, 1.54) is 4.31 Å². The van der Waals surface area contributed by atoms with E-state index in [2.05, 4.69) is 4.72 Å². The standard InChI is InChI=1S/C11H22N2O6S2/c1-9(2)10(13-6-4-8-21(13,17)18)11(14)19-7-5-12-20(3,15)16/h9-10,12H,4-8H2,1-3H3/t10-/m0/s1. The SMILES string of the molecule is CC(C)[C@@H](C(=O)OCCNS(C)(=O)=O)N1CCCS1(=O)=O. The van der Waals surface area contributed by atoms with Crippen LogP contribution >= 0.6 is 0 Å². The fourth-order valence-corrected chi connectivity index (χ4v) is 4.42. The van der Waals surface area contributed by atoms with Gasteiger partial charge in [-0.1, -0.05) is 13.8 Å². The van der Waals surface area contributed by atoms with Gasteiger partial charge in [0.05, 0.1) is 12.0 Å². The first-order valence-corrected chi connectivity index (χ1v) is 10.2. The largest absolute Gasteiger partial charge is 0.463 e. The average molecular weight is 342 g/mol. The highest BCUT2D eigenvalue weighted by Gasteiger charge is 2.40. The number of nitrogens with one attached hydrogen (secondary N) is 1. The van der Waals surface area contributed by atoms with Gasteiger partial charge >= 0.3 is 5.97 Å². The average Bonchev–Trinajstić information content (AvgIpc) is 2.63. The predicted octanol–water partition coefficient (Wildman–Crippen LogP) is -0.861. The molecule has 124 valence electrons. The quantitative estimate of drug-likeness (QED) is 0.476. The van der Waals surface area contributed by atoms with E-state index in [-0.39, 0.29) is 24.8 Å². The van der Waals surface area contributed by atoms with E-state index in [1.54, 1.807) is 13.8 Å². The molecule has 1 fully saturated rings. The van der Waals surface area contributed by atoms with Gasteiger partial charge in [0.2, 0.25) is 20.0 Å². The summed E-state index contributed by atoms with van der Waals surface area (Å²) in [6, 6.07) is -0.865. The minimum atomic E-state index is -3.41. The molecule has 1 rings (SSSR count). The van der Waals surface area contributed by atoms with Crippen molar-refractivity contribution in [2.24, 2.45) is 5.92 Å². The Morgan fingerprint density at radius 1 is 1.38 bits per heavy atom. The van der Waals surface area contributed by atoms with Crippen molar-refractivity contribution in [3.63, 3.8) is 0 Å². The molecule has 1 saturated heterocycles. The second kappa shape index (κ2) is 7.03. The Hall–Kier alpha value is -0.710. The third-order valence-corrected chi connectivity index (χ3v) is 5.69. The summed E-state index contributed by atoms with van der Waals surface area (Å²) in [6.07, 6.45) is 1.50. The third-order valence-electron chi connectivity index (χ3n) is 3.03. The lowest BCUT2D eigenvalue weighted by Crippen LogP contribution is -2.46. The van der Waals surface area contributed by atoms with Gasteiger partial charge in [0.1, 0.15) is 12.6 Å². The summed E-state index contributed by atoms with van der Waals surface area (Å²) in [5.74, 6) is -0.835. The fourth-order valence-electron chi connectivity index (χ4n) is 2.16. The minimum Gasteiger partial charge on any atom is -0.463 e. The predicted molar refractivity (Wildman–Crippen MR) is 77.5 cm³/mol. The molecule has 8 nitrogen and oxygen atoms in total. The zero-order chi connectivity index (χ0) is 16.3. The Morgan fingerprint density at radius 3 is 2.43 bits per heavy atom. The fraction of sp³-hybridized carbons (Fsp3) is 0.909. The lowest BCUT2D eigenvalue weighted by atomic mass is 10.0. The van der Waals surface area contributed by atoms with Crippen LogP contribution in [0.1, 0.15) is 20.3 Å². The zero-order valence-electron chi connectivity index (χ0n) is 12.4. The number of carbonyl (C=O) groups excluding carboxylic acids is 1. The van der Waals surface area contributed by atoms with Gasteiger partial charge < -0.3 is 4.74 Å². The van der Waals surface area contributed by atoms with Crippen LogP contribution in [0.2, 0.25) is 0 Å². The molecule has 10 heteroatoms. The molecule has 1 heterocycles. The van der Waals surface area contributed by atoms with E-state index in [9.17, 15) is 21.6 Å². The molecule has 21 heavy (non-hydrogen) atoms. The van der Waals surface area contributed by atoms with E-state index >= 15 is 0 Å². The molecule has 1 aliphatic heterocycles. The van der Waals surface area contributed by atoms with Crippen LogP contribution in [0, 0.1) is 5.92 Å². The number of hydrogen-bond donors (Lipinski definition) is 1. The van der Waals surface area contributed by atoms with Gasteiger partial charge in [0.25, 0.3) is 0 Å². The zero-order valence-corrected chi connectivity index (χ0v) is 14.0. The van der Waals surface area contributed by atoms with Gasteiger partial charge in [-0.3, -0.25) is 4.79 Å². The second-order valence-corrected chi connectivity index (χ2v) is 9.18. The van der Waals surface area contributed by atoms with Crippen molar-refractivity contribution in [1.29, 1.82) is 0 Å². The van der Waals surface area contributed by atoms with Gasteiger partial charge in [-0.05, 0) is 12.3 Å². The highest BCUT2D eigenvalue weighted by atomic mass is 32.2. The lowest BCUT2D eigenvalue weighted by Gasteiger charge is -2.27. The molecule has 0 aromatic heterocycles. The van der Waals surface area contributed by atoms with E-state index in [0.29, 0.717) is 13.0 Å². The topological polar surface area (TPSA) is 110 Å². The Kier molecular flexibility index (Phi) is 6.14. The molecule has 0 saturated carbocycles. The third kappa shape index (κ3) is 5.53. The van der Waals surface area contributed by atoms with Crippen LogP contribution in [-0.4, -0.2) is 64.9 Å². The maximum atomic E-state index is 12.1. The van der Waals surface area contributed by atoms with Gasteiger partial charge in [0.15, 0.2) is 0 Å². The molecule has 1 N–H and O–H groups in total. The smallest absolute Gasteiger partial charge is 0.324 e. The maximum Gasteiger partial charge on any atom is 0.324 e. The Morgan fingerprint density at radius 2 is 2.00 bits per heavy atom. The lowest BCUT2D eigenvalue weighted by molar-refractivity contribution is -0.149. The summed E-state index contributed by atoms with van der Waals surface area (Å²) in [5.41, 5.74) is 0. The first-order valence-electron chi connectivity index (χ1n) is 6.65. The molecule has 0 bridgehead atoms. The number of hydrogen-bond acceptors (Lipinski definition) is 6. The number of nitrogens with zero attached hydrogens (tertiary/aromatic N) is 1. The Bertz CT molecular complexity index is 570. The normalized spacial score (nSPS) is 20.6. The van der Waals surface area contributed by atoms with Crippen molar-refractivity contribution in [3.05, 3.63) is 0 Å². The van der Waals surface area contributed by atoms with Gasteiger partial charge in [0, 0.05) is 13.1 Å². The van der Waals surface area contributed by atoms with Crippen LogP contribution in [0.25, 0.3) is 0 Å². The van der Waals surface area contributed by atoms with Crippen molar-refractivity contribution < 1.29 is 26.4 Å². The number of carbonyl (C=O) groups is 1. The summed E-state index contributed by atoms with van der Waals surface area (Å²) in [6.45, 7) is 3.62. The molecular formula is C11H22N2O6S2. The molecule has 0 aromatic rings. The van der Waals surface area contributed by atoms with E-state index in [4.69, 9.17) is 4.74 Å². The van der Waals surface area contributed by atoms with Crippen LogP contribution in [0.15, 0.2) is 0 Å². The number of rotatable bonds is 7. The van der Waals surface area contributed by atoms with Gasteiger partial charge in [-0.25, -0.2) is 21.6 Å². The molecule has 1 aliphatic rings. The Balaban J connectivity index is 2.63. The highest BCUT2D eigenvalue weighted by molar-refractivity contribution is 7.89. The van der Waals surface area contributed by atoms with E-state index in [0.717, 1.165) is 6.26 Å². The summed E-state index contributed by atoms with van der Waals surface area (Å²) >= 11 is 0. The first-order chi connectivity index (χ1) is 9.54. The molecule has 0 unspecified atom stereocenters. The molecule has 0 spiro atoms. The van der Waals surface area contributed by atoms with E-state index in [1.807, 2.05) is 0 Å². The molecule has 0 radical (unpaired) electrons. The van der Waals surface area contributed by atoms with Crippen LogP contribution in [0.3, 0.4) is 0 Å². The van der Waals surface area contributed by atoms with Crippen molar-refractivity contribution in [1.82, 2.24) is 9.03 Å². The first kappa shape index (κ1) is 18.3. The Labute approximate surface area is 125 Å². The summed E-state index contributed by atoms with van der Waals surface area (Å²) in [7, 11) is -6.75. The molecular weight excluding hydrogens is 320 g/mol. The van der Waals surface area contributed by atoms with Crippen molar-refractivity contribution in [2.45, 2.75) is 26.3 Å². The van der Waals surface area contributed by atoms with Crippen LogP contribution < -0.4 is 4.72 Å². The van der Waals surface area contributed by atoms with Gasteiger partial charge in [-0.2, -0.15) is 4.31 Å². The van der Waals surface area contributed by atoms with Gasteiger partial charge in [-0.15, -0.1) is 0 Å². The molecule has 0 amide bonds. The molecule has 1 atom stereocenters. The number of esters is 1. The van der Waals surface area contributed by atoms with E-state index < -0.39 is 32.1 Å². The van der Waals surface area contributed by atoms with Crippen LogP contribution in [-0.2, 0) is 29.6 Å². The summed E-state index contributed by atoms with van der Waals surface area (Å²) in [4.78, 5) is 12.1. The maximum absolute atomic E-state index is 12.1. The van der Waals surface area contributed by atoms with Crippen molar-refractivity contribution in [3.8, 4) is 0 Å². The minimum absolute atomic E-state index is 0.0395. The van der Waals surface area contributed by atoms with Crippen LogP contribution in [0.5, 0.6) is 0 Å². The van der Waals surface area contributed by atoms with Crippen molar-refractivity contribution in [2.75, 3.05) is 31.7 Å². The second-order valence-electron chi connectivity index (χ2n) is 5.30. The van der Waals surface area contributed by atoms with Crippen molar-refractivity contribution >= 4 is 26.0 Å². The number of ether oxygens (including phenoxy) is 1. The van der Waals surface area contributed by atoms with Crippen LogP contribution in [0.4, 0.5) is 0 Å².